The summed E-state index contributed by atoms with van der Waals surface area (Å²) in [6, 6.07) is 10.8. The van der Waals surface area contributed by atoms with Crippen LogP contribution >= 0.6 is 0 Å². The zero-order valence-electron chi connectivity index (χ0n) is 12.0. The molecular formula is C17H22N2O. The highest BCUT2D eigenvalue weighted by molar-refractivity contribution is 5.84. The molecule has 20 heavy (non-hydrogen) atoms. The van der Waals surface area contributed by atoms with Crippen molar-refractivity contribution in [1.29, 1.82) is 0 Å². The van der Waals surface area contributed by atoms with E-state index >= 15 is 0 Å². The summed E-state index contributed by atoms with van der Waals surface area (Å²) >= 11 is 0. The summed E-state index contributed by atoms with van der Waals surface area (Å²) < 4.78 is 5.72. The van der Waals surface area contributed by atoms with Gasteiger partial charge in [0.05, 0.1) is 11.8 Å². The third-order valence-electron chi connectivity index (χ3n) is 4.18. The Hall–Kier alpha value is -1.45. The standard InChI is InChI=1S/C17H22N2O/c1-18-16(9-8-14-6-4-12-20-14)17-15-7-3-2-5-13(15)10-11-19-17/h2-3,5,7,10-11,14,16,18H,4,6,8-9,12H2,1H3. The van der Waals surface area contributed by atoms with Gasteiger partial charge in [-0.25, -0.2) is 0 Å². The number of nitrogens with zero attached hydrogens (tertiary/aromatic N) is 1. The number of aromatic nitrogens is 1. The van der Waals surface area contributed by atoms with Crippen LogP contribution in [0.2, 0.25) is 0 Å². The summed E-state index contributed by atoms with van der Waals surface area (Å²) in [5, 5.41) is 5.93. The molecular weight excluding hydrogens is 248 g/mol. The largest absolute Gasteiger partial charge is 0.378 e. The van der Waals surface area contributed by atoms with Crippen LogP contribution in [-0.4, -0.2) is 24.7 Å². The maximum atomic E-state index is 5.72. The van der Waals surface area contributed by atoms with E-state index in [9.17, 15) is 0 Å². The quantitative estimate of drug-likeness (QED) is 0.903. The van der Waals surface area contributed by atoms with E-state index in [2.05, 4.69) is 40.6 Å². The molecule has 0 radical (unpaired) electrons. The van der Waals surface area contributed by atoms with Crippen molar-refractivity contribution in [3.05, 3.63) is 42.2 Å². The molecule has 3 rings (SSSR count). The van der Waals surface area contributed by atoms with Gasteiger partial charge in [0.2, 0.25) is 0 Å². The minimum atomic E-state index is 0.297. The number of hydrogen-bond acceptors (Lipinski definition) is 3. The predicted molar refractivity (Wildman–Crippen MR) is 81.8 cm³/mol. The minimum absolute atomic E-state index is 0.297. The van der Waals surface area contributed by atoms with Crippen LogP contribution in [0.3, 0.4) is 0 Å². The zero-order valence-corrected chi connectivity index (χ0v) is 12.0. The Labute approximate surface area is 120 Å². The van der Waals surface area contributed by atoms with Crippen LogP contribution in [0.15, 0.2) is 36.5 Å². The number of hydrogen-bond donors (Lipinski definition) is 1. The van der Waals surface area contributed by atoms with Crippen molar-refractivity contribution >= 4 is 10.8 Å². The molecule has 1 aliphatic rings. The number of fused-ring (bicyclic) bond motifs is 1. The molecule has 1 aliphatic heterocycles. The van der Waals surface area contributed by atoms with Crippen LogP contribution in [0.25, 0.3) is 10.8 Å². The van der Waals surface area contributed by atoms with E-state index in [0.29, 0.717) is 12.1 Å². The smallest absolute Gasteiger partial charge is 0.0651 e. The van der Waals surface area contributed by atoms with Crippen LogP contribution in [0.5, 0.6) is 0 Å². The molecule has 1 saturated heterocycles. The molecule has 1 N–H and O–H groups in total. The van der Waals surface area contributed by atoms with Crippen molar-refractivity contribution in [2.45, 2.75) is 37.8 Å². The summed E-state index contributed by atoms with van der Waals surface area (Å²) in [4.78, 5) is 4.62. The molecule has 106 valence electrons. The van der Waals surface area contributed by atoms with Gasteiger partial charge in [0.25, 0.3) is 0 Å². The average Bonchev–Trinajstić information content (AvgIpc) is 3.01. The number of pyridine rings is 1. The van der Waals surface area contributed by atoms with Crippen LogP contribution in [0, 0.1) is 0 Å². The number of nitrogens with one attached hydrogen (secondary N) is 1. The van der Waals surface area contributed by atoms with Gasteiger partial charge in [-0.15, -0.1) is 0 Å². The molecule has 1 aromatic carbocycles. The molecule has 0 bridgehead atoms. The molecule has 0 spiro atoms. The molecule has 2 aromatic rings. The van der Waals surface area contributed by atoms with Crippen molar-refractivity contribution in [1.82, 2.24) is 10.3 Å². The molecule has 2 heterocycles. The fourth-order valence-electron chi connectivity index (χ4n) is 3.06. The maximum Gasteiger partial charge on any atom is 0.0651 e. The summed E-state index contributed by atoms with van der Waals surface area (Å²) in [6.07, 6.45) is 6.95. The number of benzene rings is 1. The normalized spacial score (nSPS) is 20.4. The van der Waals surface area contributed by atoms with E-state index < -0.39 is 0 Å². The van der Waals surface area contributed by atoms with E-state index in [0.717, 1.165) is 25.1 Å². The highest BCUT2D eigenvalue weighted by Crippen LogP contribution is 2.27. The SMILES string of the molecule is CNC(CCC1CCCO1)c1nccc2ccccc12. The first-order valence-electron chi connectivity index (χ1n) is 7.51. The maximum absolute atomic E-state index is 5.72. The third-order valence-corrected chi connectivity index (χ3v) is 4.18. The summed E-state index contributed by atoms with van der Waals surface area (Å²) in [5.74, 6) is 0. The molecule has 2 unspecified atom stereocenters. The highest BCUT2D eigenvalue weighted by Gasteiger charge is 2.19. The Morgan fingerprint density at radius 2 is 2.25 bits per heavy atom. The van der Waals surface area contributed by atoms with Crippen LogP contribution < -0.4 is 5.32 Å². The Morgan fingerprint density at radius 1 is 1.35 bits per heavy atom. The van der Waals surface area contributed by atoms with Gasteiger partial charge in [-0.1, -0.05) is 24.3 Å². The summed E-state index contributed by atoms with van der Waals surface area (Å²) in [7, 11) is 2.02. The summed E-state index contributed by atoms with van der Waals surface area (Å²) in [6.45, 7) is 0.932. The molecule has 3 nitrogen and oxygen atoms in total. The molecule has 0 saturated carbocycles. The van der Waals surface area contributed by atoms with E-state index in [-0.39, 0.29) is 0 Å². The van der Waals surface area contributed by atoms with Gasteiger partial charge in [-0.05, 0) is 44.2 Å². The second-order valence-corrected chi connectivity index (χ2v) is 5.47. The summed E-state index contributed by atoms with van der Waals surface area (Å²) in [5.41, 5.74) is 1.16. The first kappa shape index (κ1) is 13.5. The van der Waals surface area contributed by atoms with Gasteiger partial charge in [0.15, 0.2) is 0 Å². The lowest BCUT2D eigenvalue weighted by molar-refractivity contribution is 0.0998. The van der Waals surface area contributed by atoms with Gasteiger partial charge < -0.3 is 10.1 Å². The molecule has 0 aliphatic carbocycles. The molecule has 3 heteroatoms. The Kier molecular flexibility index (Phi) is 4.28. The van der Waals surface area contributed by atoms with Gasteiger partial charge in [-0.3, -0.25) is 4.98 Å². The van der Waals surface area contributed by atoms with Crippen molar-refractivity contribution in [3.63, 3.8) is 0 Å². The van der Waals surface area contributed by atoms with Crippen molar-refractivity contribution < 1.29 is 4.74 Å². The predicted octanol–water partition coefficient (Wildman–Crippen LogP) is 3.45. The molecule has 1 aromatic heterocycles. The molecule has 2 atom stereocenters. The lowest BCUT2D eigenvalue weighted by atomic mass is 9.99. The Balaban J connectivity index is 1.79. The second kappa shape index (κ2) is 6.33. The van der Waals surface area contributed by atoms with Gasteiger partial charge in [0, 0.05) is 24.2 Å². The van der Waals surface area contributed by atoms with Crippen LogP contribution in [0.4, 0.5) is 0 Å². The van der Waals surface area contributed by atoms with Crippen LogP contribution in [0.1, 0.15) is 37.4 Å². The molecule has 0 amide bonds. The van der Waals surface area contributed by atoms with Gasteiger partial charge in [0.1, 0.15) is 0 Å². The Bertz CT molecular complexity index is 558. The first-order valence-corrected chi connectivity index (χ1v) is 7.51. The minimum Gasteiger partial charge on any atom is -0.378 e. The fraction of sp³-hybridized carbons (Fsp3) is 0.471. The van der Waals surface area contributed by atoms with E-state index in [1.807, 2.05) is 13.2 Å². The van der Waals surface area contributed by atoms with Gasteiger partial charge >= 0.3 is 0 Å². The first-order chi connectivity index (χ1) is 9.88. The average molecular weight is 270 g/mol. The monoisotopic (exact) mass is 270 g/mol. The van der Waals surface area contributed by atoms with E-state index in [4.69, 9.17) is 4.74 Å². The molecule has 1 fully saturated rings. The number of rotatable bonds is 5. The number of ether oxygens (including phenoxy) is 1. The topological polar surface area (TPSA) is 34.1 Å². The van der Waals surface area contributed by atoms with E-state index in [1.165, 1.54) is 23.6 Å². The van der Waals surface area contributed by atoms with Crippen molar-refractivity contribution in [3.8, 4) is 0 Å². The lowest BCUT2D eigenvalue weighted by Crippen LogP contribution is -2.20. The van der Waals surface area contributed by atoms with Crippen molar-refractivity contribution in [2.24, 2.45) is 0 Å². The zero-order chi connectivity index (χ0) is 13.8. The fourth-order valence-corrected chi connectivity index (χ4v) is 3.06. The highest BCUT2D eigenvalue weighted by atomic mass is 16.5. The van der Waals surface area contributed by atoms with E-state index in [1.54, 1.807) is 0 Å². The van der Waals surface area contributed by atoms with Crippen molar-refractivity contribution in [2.75, 3.05) is 13.7 Å². The van der Waals surface area contributed by atoms with Gasteiger partial charge in [-0.2, -0.15) is 0 Å². The Morgan fingerprint density at radius 3 is 3.05 bits per heavy atom. The van der Waals surface area contributed by atoms with Crippen LogP contribution in [-0.2, 0) is 4.74 Å². The lowest BCUT2D eigenvalue weighted by Gasteiger charge is -2.19. The second-order valence-electron chi connectivity index (χ2n) is 5.47. The third kappa shape index (κ3) is 2.84.